The van der Waals surface area contributed by atoms with E-state index < -0.39 is 62.7 Å². The summed E-state index contributed by atoms with van der Waals surface area (Å²) in [5.74, 6) is -4.96. The van der Waals surface area contributed by atoms with Gasteiger partial charge in [0.1, 0.15) is 6.29 Å². The molecule has 0 radical (unpaired) electrons. The van der Waals surface area contributed by atoms with E-state index in [2.05, 4.69) is 0 Å². The summed E-state index contributed by atoms with van der Waals surface area (Å²) in [6.45, 7) is -2.87. The minimum Gasteiger partial charge on any atom is -0.480 e. The molecular weight excluding hydrogens is 382 g/mol. The Morgan fingerprint density at radius 2 is 1.00 bits per heavy atom. The Morgan fingerprint density at radius 3 is 1.21 bits per heavy atom. The largest absolute Gasteiger partial charge is 0.480 e. The van der Waals surface area contributed by atoms with Crippen LogP contribution >= 0.6 is 0 Å². The fourth-order valence-corrected chi connectivity index (χ4v) is 2.42. The van der Waals surface area contributed by atoms with E-state index in [1.165, 1.54) is 4.90 Å². The van der Waals surface area contributed by atoms with E-state index in [0.29, 0.717) is 6.29 Å². The van der Waals surface area contributed by atoms with E-state index >= 15 is 0 Å². The van der Waals surface area contributed by atoms with Crippen LogP contribution in [-0.4, -0.2) is 135 Å². The molecule has 0 aliphatic rings. The average molecular weight is 407 g/mol. The number of hydrogen-bond acceptors (Lipinski definition) is 9. The standard InChI is InChI=1S/C15H25N3O10/c19-9-11(10-20)18(3-1-16(5-12(21)22)6-13(23)24)4-2-17(7-14(25)26)8-15(27)28/h9,11,20H,1-8,10H2,(H,21,22)(H,23,24)(H,25,26)(H,27,28). The van der Waals surface area contributed by atoms with Gasteiger partial charge in [0, 0.05) is 26.2 Å². The summed E-state index contributed by atoms with van der Waals surface area (Å²) < 4.78 is 0. The van der Waals surface area contributed by atoms with Crippen LogP contribution < -0.4 is 0 Å². The number of aliphatic hydroxyl groups excluding tert-OH is 1. The number of carboxylic acids is 4. The highest BCUT2D eigenvalue weighted by atomic mass is 16.4. The molecule has 0 saturated heterocycles. The molecule has 0 bridgehead atoms. The van der Waals surface area contributed by atoms with Gasteiger partial charge in [-0.2, -0.15) is 0 Å². The van der Waals surface area contributed by atoms with Gasteiger partial charge in [0.05, 0.1) is 38.8 Å². The van der Waals surface area contributed by atoms with Gasteiger partial charge in [-0.3, -0.25) is 33.9 Å². The van der Waals surface area contributed by atoms with Crippen LogP contribution in [0.1, 0.15) is 0 Å². The predicted molar refractivity (Wildman–Crippen MR) is 91.9 cm³/mol. The van der Waals surface area contributed by atoms with E-state index in [0.717, 1.165) is 9.80 Å². The summed E-state index contributed by atoms with van der Waals surface area (Å²) in [4.78, 5) is 58.2. The van der Waals surface area contributed by atoms with Crippen LogP contribution in [0.25, 0.3) is 0 Å². The third-order valence-electron chi connectivity index (χ3n) is 3.66. The molecule has 0 amide bonds. The number of rotatable bonds is 17. The van der Waals surface area contributed by atoms with Crippen molar-refractivity contribution >= 4 is 30.2 Å². The monoisotopic (exact) mass is 407 g/mol. The number of carboxylic acid groups (broad SMARTS) is 4. The van der Waals surface area contributed by atoms with Crippen molar-refractivity contribution in [2.45, 2.75) is 6.04 Å². The van der Waals surface area contributed by atoms with Gasteiger partial charge in [-0.05, 0) is 0 Å². The molecule has 0 rings (SSSR count). The molecule has 0 aliphatic carbocycles. The molecule has 1 unspecified atom stereocenters. The van der Waals surface area contributed by atoms with Crippen molar-refractivity contribution in [1.29, 1.82) is 0 Å². The van der Waals surface area contributed by atoms with Crippen LogP contribution in [-0.2, 0) is 24.0 Å². The molecule has 160 valence electrons. The first-order valence-electron chi connectivity index (χ1n) is 8.21. The Balaban J connectivity index is 5.06. The first-order chi connectivity index (χ1) is 13.1. The van der Waals surface area contributed by atoms with Crippen molar-refractivity contribution in [2.75, 3.05) is 59.0 Å². The van der Waals surface area contributed by atoms with E-state index in [-0.39, 0.29) is 26.2 Å². The summed E-state index contributed by atoms with van der Waals surface area (Å²) in [5.41, 5.74) is 0. The zero-order valence-corrected chi connectivity index (χ0v) is 15.1. The van der Waals surface area contributed by atoms with E-state index in [4.69, 9.17) is 20.4 Å². The minimum atomic E-state index is -1.24. The lowest BCUT2D eigenvalue weighted by Gasteiger charge is -2.31. The van der Waals surface area contributed by atoms with Gasteiger partial charge in [0.15, 0.2) is 0 Å². The summed E-state index contributed by atoms with van der Waals surface area (Å²) in [6, 6.07) is -0.993. The zero-order valence-electron chi connectivity index (χ0n) is 15.1. The van der Waals surface area contributed by atoms with Crippen LogP contribution in [0.5, 0.6) is 0 Å². The molecule has 0 aromatic heterocycles. The molecule has 0 spiro atoms. The number of hydrogen-bond donors (Lipinski definition) is 5. The highest BCUT2D eigenvalue weighted by Crippen LogP contribution is 2.01. The van der Waals surface area contributed by atoms with E-state index in [9.17, 15) is 29.1 Å². The second-order valence-corrected chi connectivity index (χ2v) is 5.92. The van der Waals surface area contributed by atoms with Gasteiger partial charge < -0.3 is 30.3 Å². The number of aliphatic hydroxyl groups is 1. The zero-order chi connectivity index (χ0) is 21.7. The number of aldehydes is 1. The first-order valence-corrected chi connectivity index (χ1v) is 8.21. The molecule has 0 aromatic carbocycles. The lowest BCUT2D eigenvalue weighted by atomic mass is 10.2. The molecule has 28 heavy (non-hydrogen) atoms. The smallest absolute Gasteiger partial charge is 0.317 e. The second kappa shape index (κ2) is 13.5. The van der Waals surface area contributed by atoms with Gasteiger partial charge >= 0.3 is 23.9 Å². The molecule has 1 atom stereocenters. The Morgan fingerprint density at radius 1 is 0.679 bits per heavy atom. The molecule has 0 saturated carbocycles. The highest BCUT2D eigenvalue weighted by molar-refractivity contribution is 5.73. The van der Waals surface area contributed by atoms with Crippen LogP contribution in [0, 0.1) is 0 Å². The second-order valence-electron chi connectivity index (χ2n) is 5.92. The minimum absolute atomic E-state index is 0.00148. The molecular formula is C15H25N3O10. The van der Waals surface area contributed by atoms with Crippen molar-refractivity contribution in [2.24, 2.45) is 0 Å². The molecule has 5 N–H and O–H groups in total. The SMILES string of the molecule is O=CC(CO)N(CCN(CC(=O)O)CC(=O)O)CCN(CC(=O)O)CC(=O)O. The molecule has 0 aliphatic heterocycles. The van der Waals surface area contributed by atoms with Crippen molar-refractivity contribution in [3.8, 4) is 0 Å². The molecule has 0 heterocycles. The maximum absolute atomic E-state index is 11.2. The van der Waals surface area contributed by atoms with Crippen molar-refractivity contribution in [1.82, 2.24) is 14.7 Å². The van der Waals surface area contributed by atoms with Crippen molar-refractivity contribution in [3.05, 3.63) is 0 Å². The van der Waals surface area contributed by atoms with Gasteiger partial charge in [-0.1, -0.05) is 0 Å². The summed E-state index contributed by atoms with van der Waals surface area (Å²) in [5, 5.41) is 44.7. The Labute approximate surface area is 160 Å². The Bertz CT molecular complexity index is 484. The van der Waals surface area contributed by atoms with Gasteiger partial charge in [0.25, 0.3) is 0 Å². The third kappa shape index (κ3) is 11.9. The molecule has 0 aromatic rings. The average Bonchev–Trinajstić information content (AvgIpc) is 2.55. The molecule has 0 fully saturated rings. The predicted octanol–water partition coefficient (Wildman–Crippen LogP) is -3.21. The Kier molecular flexibility index (Phi) is 12.3. The van der Waals surface area contributed by atoms with Gasteiger partial charge in [-0.15, -0.1) is 0 Å². The lowest BCUT2D eigenvalue weighted by Crippen LogP contribution is -2.49. The maximum atomic E-state index is 11.2. The van der Waals surface area contributed by atoms with Gasteiger partial charge in [-0.25, -0.2) is 0 Å². The van der Waals surface area contributed by atoms with E-state index in [1.54, 1.807) is 0 Å². The fraction of sp³-hybridized carbons (Fsp3) is 0.667. The topological polar surface area (TPSA) is 196 Å². The first kappa shape index (κ1) is 25.4. The van der Waals surface area contributed by atoms with Crippen LogP contribution in [0.3, 0.4) is 0 Å². The van der Waals surface area contributed by atoms with Crippen molar-refractivity contribution in [3.63, 3.8) is 0 Å². The Hall–Kier alpha value is -2.61. The number of carbonyl (C=O) groups excluding carboxylic acids is 1. The maximum Gasteiger partial charge on any atom is 0.317 e. The van der Waals surface area contributed by atoms with Crippen LogP contribution in [0.2, 0.25) is 0 Å². The van der Waals surface area contributed by atoms with E-state index in [1.807, 2.05) is 0 Å². The molecule has 13 heteroatoms. The van der Waals surface area contributed by atoms with Crippen LogP contribution in [0.4, 0.5) is 0 Å². The quantitative estimate of drug-likeness (QED) is 0.151. The van der Waals surface area contributed by atoms with Crippen LogP contribution in [0.15, 0.2) is 0 Å². The van der Waals surface area contributed by atoms with Crippen molar-refractivity contribution < 1.29 is 49.5 Å². The molecule has 13 nitrogen and oxygen atoms in total. The summed E-state index contributed by atoms with van der Waals surface area (Å²) in [6.07, 6.45) is 0.442. The summed E-state index contributed by atoms with van der Waals surface area (Å²) in [7, 11) is 0. The number of nitrogens with zero attached hydrogens (tertiary/aromatic N) is 3. The number of carbonyl (C=O) groups is 5. The lowest BCUT2D eigenvalue weighted by molar-refractivity contribution is -0.143. The third-order valence-corrected chi connectivity index (χ3v) is 3.66. The summed E-state index contributed by atoms with van der Waals surface area (Å²) >= 11 is 0. The van der Waals surface area contributed by atoms with Gasteiger partial charge in [0.2, 0.25) is 0 Å². The fourth-order valence-electron chi connectivity index (χ4n) is 2.42. The number of aliphatic carboxylic acids is 4. The highest BCUT2D eigenvalue weighted by Gasteiger charge is 2.22. The normalized spacial score (nSPS) is 12.3.